The lowest BCUT2D eigenvalue weighted by atomic mass is 9.92. The lowest BCUT2D eigenvalue weighted by Crippen LogP contribution is -2.16. The van der Waals surface area contributed by atoms with Crippen molar-refractivity contribution in [2.45, 2.75) is 39.2 Å². The first-order chi connectivity index (χ1) is 18.8. The number of fused-ring (bicyclic) bond motifs is 3. The van der Waals surface area contributed by atoms with E-state index in [-0.39, 0.29) is 0 Å². The van der Waals surface area contributed by atoms with Crippen LogP contribution in [0.3, 0.4) is 0 Å². The predicted molar refractivity (Wildman–Crippen MR) is 162 cm³/mol. The van der Waals surface area contributed by atoms with Gasteiger partial charge in [-0.25, -0.2) is 0 Å². The number of aromatic nitrogens is 1. The third-order valence-electron chi connectivity index (χ3n) is 7.57. The number of nitrogens with one attached hydrogen (secondary N) is 1. The van der Waals surface area contributed by atoms with E-state index in [9.17, 15) is 0 Å². The Morgan fingerprint density at radius 2 is 1.89 bits per heavy atom. The van der Waals surface area contributed by atoms with Crippen molar-refractivity contribution in [3.8, 4) is 0 Å². The van der Waals surface area contributed by atoms with Gasteiger partial charge in [0.05, 0.1) is 17.3 Å². The van der Waals surface area contributed by atoms with Crippen molar-refractivity contribution in [1.82, 2.24) is 9.88 Å². The quantitative estimate of drug-likeness (QED) is 0.352. The Bertz CT molecular complexity index is 1740. The molecule has 0 saturated carbocycles. The molecule has 0 spiro atoms. The molecule has 0 unspecified atom stereocenters. The Morgan fingerprint density at radius 1 is 0.974 bits per heavy atom. The number of para-hydroxylation sites is 1. The second-order valence-electron chi connectivity index (χ2n) is 9.86. The van der Waals surface area contributed by atoms with E-state index in [2.05, 4.69) is 126 Å². The highest BCUT2D eigenvalue weighted by Gasteiger charge is 2.22. The minimum Gasteiger partial charge on any atom is -0.348 e. The molecule has 3 aliphatic carbocycles. The Kier molecular flexibility index (Phi) is 6.59. The van der Waals surface area contributed by atoms with Gasteiger partial charge in [0.2, 0.25) is 0 Å². The van der Waals surface area contributed by atoms with Crippen LogP contribution in [0.2, 0.25) is 0 Å². The highest BCUT2D eigenvalue weighted by molar-refractivity contribution is 6.10. The van der Waals surface area contributed by atoms with Crippen LogP contribution < -0.4 is 5.32 Å². The fraction of sp³-hybridized carbons (Fsp3) is 0.167. The predicted octanol–water partition coefficient (Wildman–Crippen LogP) is 8.94. The normalized spacial score (nSPS) is 21.4. The molecule has 2 heteroatoms. The molecular weight excluding hydrogens is 460 g/mol. The summed E-state index contributed by atoms with van der Waals surface area (Å²) in [7, 11) is 0. The molecule has 186 valence electrons. The van der Waals surface area contributed by atoms with E-state index in [1.165, 1.54) is 38.5 Å². The smallest absolute Gasteiger partial charge is 0.0897 e. The summed E-state index contributed by atoms with van der Waals surface area (Å²) in [5, 5.41) is 6.35. The van der Waals surface area contributed by atoms with E-state index in [0.717, 1.165) is 36.2 Å². The average Bonchev–Trinajstić information content (AvgIpc) is 3.10. The molecule has 0 radical (unpaired) electrons. The zero-order valence-corrected chi connectivity index (χ0v) is 22.0. The molecule has 6 rings (SSSR count). The number of rotatable bonds is 5. The highest BCUT2D eigenvalue weighted by atomic mass is 15.0. The van der Waals surface area contributed by atoms with Gasteiger partial charge < -0.3 is 9.88 Å². The number of aryl methyl sites for hydroxylation is 1. The number of hydrogen-bond donors (Lipinski definition) is 1. The molecule has 38 heavy (non-hydrogen) atoms. The van der Waals surface area contributed by atoms with E-state index in [0.29, 0.717) is 6.04 Å². The summed E-state index contributed by atoms with van der Waals surface area (Å²) in [6.07, 6.45) is 28.5. The van der Waals surface area contributed by atoms with Gasteiger partial charge in [0.25, 0.3) is 0 Å². The Morgan fingerprint density at radius 3 is 2.76 bits per heavy atom. The molecule has 3 aromatic rings. The fourth-order valence-corrected chi connectivity index (χ4v) is 5.72. The topological polar surface area (TPSA) is 17.0 Å². The fourth-order valence-electron chi connectivity index (χ4n) is 5.72. The van der Waals surface area contributed by atoms with Crippen LogP contribution in [0.1, 0.15) is 43.9 Å². The van der Waals surface area contributed by atoms with Crippen molar-refractivity contribution in [2.75, 3.05) is 0 Å². The average molecular weight is 493 g/mol. The van der Waals surface area contributed by atoms with Crippen molar-refractivity contribution in [2.24, 2.45) is 0 Å². The summed E-state index contributed by atoms with van der Waals surface area (Å²) in [6, 6.07) is 13.8. The second-order valence-corrected chi connectivity index (χ2v) is 9.86. The van der Waals surface area contributed by atoms with Crippen LogP contribution >= 0.6 is 0 Å². The molecule has 1 heterocycles. The van der Waals surface area contributed by atoms with E-state index in [1.54, 1.807) is 0 Å². The Balaban J connectivity index is 1.55. The lowest BCUT2D eigenvalue weighted by molar-refractivity contribution is 0.646. The molecule has 0 fully saturated rings. The van der Waals surface area contributed by atoms with Gasteiger partial charge in [-0.2, -0.15) is 0 Å². The summed E-state index contributed by atoms with van der Waals surface area (Å²) in [4.78, 5) is 0. The first-order valence-electron chi connectivity index (χ1n) is 13.5. The minimum atomic E-state index is 0.298. The summed E-state index contributed by atoms with van der Waals surface area (Å²) >= 11 is 0. The molecule has 0 bridgehead atoms. The maximum atomic E-state index is 3.71. The SMILES string of the molecule is CCc1c(C2=CC=CC=C=C2NC2=C/C=C=CC/C=C\2C)ccc2c3ccccc3n([C@H]3C=CC=CC3)c12. The first kappa shape index (κ1) is 23.9. The first-order valence-corrected chi connectivity index (χ1v) is 13.5. The standard InChI is InChI=1S/C36H32N2/c1-3-28-29(30-19-11-7-13-22-34(30)37-33-21-12-5-4-8-16-26(33)2)24-25-32-31-20-14-15-23-35(31)38(36(28)32)27-17-9-6-10-18-27/h4,6-7,9-17,19-21,23-25,27,37H,3,8,18H2,1-2H3/b26-16-,33-21+/t5?,27-/m0/s1. The van der Waals surface area contributed by atoms with Crippen LogP contribution in [0.15, 0.2) is 138 Å². The summed E-state index contributed by atoms with van der Waals surface area (Å²) in [5.41, 5.74) is 16.4. The van der Waals surface area contributed by atoms with E-state index in [1.807, 2.05) is 18.2 Å². The van der Waals surface area contributed by atoms with Crippen LogP contribution in [0.25, 0.3) is 27.4 Å². The van der Waals surface area contributed by atoms with E-state index < -0.39 is 0 Å². The van der Waals surface area contributed by atoms with E-state index >= 15 is 0 Å². The maximum Gasteiger partial charge on any atom is 0.0897 e. The van der Waals surface area contributed by atoms with Gasteiger partial charge in [-0.15, -0.1) is 5.73 Å². The molecule has 2 nitrogen and oxygen atoms in total. The van der Waals surface area contributed by atoms with Gasteiger partial charge in [-0.3, -0.25) is 0 Å². The molecule has 1 N–H and O–H groups in total. The van der Waals surface area contributed by atoms with Crippen LogP contribution in [0.5, 0.6) is 0 Å². The maximum absolute atomic E-state index is 3.71. The van der Waals surface area contributed by atoms with Crippen molar-refractivity contribution >= 4 is 27.4 Å². The van der Waals surface area contributed by atoms with Crippen LogP contribution in [0, 0.1) is 0 Å². The largest absolute Gasteiger partial charge is 0.348 e. The molecule has 1 aromatic heterocycles. The summed E-state index contributed by atoms with van der Waals surface area (Å²) in [6.45, 7) is 4.43. The summed E-state index contributed by atoms with van der Waals surface area (Å²) in [5.74, 6) is 0. The van der Waals surface area contributed by atoms with Gasteiger partial charge in [0, 0.05) is 27.6 Å². The third-order valence-corrected chi connectivity index (χ3v) is 7.57. The number of nitrogens with zero attached hydrogens (tertiary/aromatic N) is 1. The lowest BCUT2D eigenvalue weighted by Gasteiger charge is -2.22. The Hall–Kier alpha value is -4.48. The molecule has 0 amide bonds. The highest BCUT2D eigenvalue weighted by Crippen LogP contribution is 2.40. The van der Waals surface area contributed by atoms with Crippen molar-refractivity contribution < 1.29 is 0 Å². The van der Waals surface area contributed by atoms with Gasteiger partial charge >= 0.3 is 0 Å². The molecule has 0 saturated heterocycles. The van der Waals surface area contributed by atoms with Gasteiger partial charge in [0.15, 0.2) is 0 Å². The third kappa shape index (κ3) is 4.31. The van der Waals surface area contributed by atoms with Crippen molar-refractivity contribution in [3.63, 3.8) is 0 Å². The van der Waals surface area contributed by atoms with Crippen molar-refractivity contribution in [3.05, 3.63) is 149 Å². The number of benzene rings is 2. The molecule has 1 atom stereocenters. The number of allylic oxidation sites excluding steroid dienone is 12. The van der Waals surface area contributed by atoms with Gasteiger partial charge in [-0.05, 0) is 73.3 Å². The number of hydrogen-bond acceptors (Lipinski definition) is 1. The van der Waals surface area contributed by atoms with Gasteiger partial charge in [0.1, 0.15) is 0 Å². The molecule has 2 aromatic carbocycles. The zero-order chi connectivity index (χ0) is 25.9. The second kappa shape index (κ2) is 10.5. The van der Waals surface area contributed by atoms with Gasteiger partial charge in [-0.1, -0.05) is 91.6 Å². The minimum absolute atomic E-state index is 0.298. The van der Waals surface area contributed by atoms with Crippen LogP contribution in [-0.2, 0) is 6.42 Å². The molecular formula is C36H32N2. The zero-order valence-electron chi connectivity index (χ0n) is 22.0. The monoisotopic (exact) mass is 492 g/mol. The summed E-state index contributed by atoms with van der Waals surface area (Å²) < 4.78 is 2.56. The van der Waals surface area contributed by atoms with Crippen LogP contribution in [0.4, 0.5) is 0 Å². The molecule has 0 aliphatic heterocycles. The van der Waals surface area contributed by atoms with Crippen molar-refractivity contribution in [1.29, 1.82) is 0 Å². The van der Waals surface area contributed by atoms with Crippen LogP contribution in [-0.4, -0.2) is 4.57 Å². The Labute approximate surface area is 225 Å². The molecule has 3 aliphatic rings. The van der Waals surface area contributed by atoms with E-state index in [4.69, 9.17) is 0 Å².